The van der Waals surface area contributed by atoms with Crippen molar-refractivity contribution in [1.29, 1.82) is 5.26 Å². The van der Waals surface area contributed by atoms with E-state index in [9.17, 15) is 18.0 Å². The molecule has 0 aromatic heterocycles. The number of benzene rings is 1. The standard InChI is InChI=1S/C13H10F3NO3/c14-13(15,16)9-5-7(6-17)1-4-10(9)20-11(12(18)19)8-2-3-8/h1,4-5,8,11H,2-3H2,(H,18,19). The zero-order valence-corrected chi connectivity index (χ0v) is 10.1. The summed E-state index contributed by atoms with van der Waals surface area (Å²) in [4.78, 5) is 11.0. The fourth-order valence-corrected chi connectivity index (χ4v) is 1.81. The first-order valence-electron chi connectivity index (χ1n) is 5.83. The molecule has 1 fully saturated rings. The van der Waals surface area contributed by atoms with Gasteiger partial charge in [0.25, 0.3) is 0 Å². The van der Waals surface area contributed by atoms with Gasteiger partial charge in [-0.25, -0.2) is 4.79 Å². The van der Waals surface area contributed by atoms with Gasteiger partial charge in [-0.15, -0.1) is 0 Å². The Bertz CT molecular complexity index is 573. The van der Waals surface area contributed by atoms with Crippen molar-refractivity contribution >= 4 is 5.97 Å². The van der Waals surface area contributed by atoms with Gasteiger partial charge in [-0.3, -0.25) is 0 Å². The van der Waals surface area contributed by atoms with Crippen LogP contribution in [0, 0.1) is 17.2 Å². The summed E-state index contributed by atoms with van der Waals surface area (Å²) in [6, 6.07) is 4.41. The molecule has 0 saturated heterocycles. The first kappa shape index (κ1) is 14.2. The molecular formula is C13H10F3NO3. The molecule has 106 valence electrons. The summed E-state index contributed by atoms with van der Waals surface area (Å²) in [5.74, 6) is -2.11. The number of ether oxygens (including phenoxy) is 1. The molecule has 0 heterocycles. The Morgan fingerprint density at radius 2 is 2.10 bits per heavy atom. The number of hydrogen-bond acceptors (Lipinski definition) is 3. The zero-order chi connectivity index (χ0) is 14.9. The van der Waals surface area contributed by atoms with Gasteiger partial charge < -0.3 is 9.84 Å². The Kier molecular flexibility index (Phi) is 3.57. The van der Waals surface area contributed by atoms with Gasteiger partial charge in [0.15, 0.2) is 6.10 Å². The van der Waals surface area contributed by atoms with Gasteiger partial charge in [0, 0.05) is 5.92 Å². The predicted octanol–water partition coefficient (Wildman–Crippen LogP) is 2.82. The van der Waals surface area contributed by atoms with Crippen molar-refractivity contribution in [2.24, 2.45) is 5.92 Å². The Hall–Kier alpha value is -2.23. The molecular weight excluding hydrogens is 275 g/mol. The fraction of sp³-hybridized carbons (Fsp3) is 0.385. The number of alkyl halides is 3. The zero-order valence-electron chi connectivity index (χ0n) is 10.1. The minimum Gasteiger partial charge on any atom is -0.478 e. The van der Waals surface area contributed by atoms with Crippen LogP contribution in [0.5, 0.6) is 5.75 Å². The van der Waals surface area contributed by atoms with Crippen molar-refractivity contribution in [1.82, 2.24) is 0 Å². The molecule has 1 saturated carbocycles. The summed E-state index contributed by atoms with van der Waals surface area (Å²) in [5, 5.41) is 17.6. The quantitative estimate of drug-likeness (QED) is 0.923. The van der Waals surface area contributed by atoms with E-state index in [2.05, 4.69) is 0 Å². The number of aliphatic carboxylic acids is 1. The lowest BCUT2D eigenvalue weighted by Gasteiger charge is -2.18. The lowest BCUT2D eigenvalue weighted by Crippen LogP contribution is -2.30. The van der Waals surface area contributed by atoms with E-state index in [4.69, 9.17) is 15.1 Å². The third-order valence-electron chi connectivity index (χ3n) is 2.96. The van der Waals surface area contributed by atoms with E-state index < -0.39 is 29.6 Å². The molecule has 2 rings (SSSR count). The molecule has 20 heavy (non-hydrogen) atoms. The van der Waals surface area contributed by atoms with E-state index in [0.29, 0.717) is 18.9 Å². The Morgan fingerprint density at radius 1 is 1.45 bits per heavy atom. The van der Waals surface area contributed by atoms with Crippen LogP contribution < -0.4 is 4.74 Å². The van der Waals surface area contributed by atoms with Crippen LogP contribution in [0.1, 0.15) is 24.0 Å². The molecule has 1 N–H and O–H groups in total. The third-order valence-corrected chi connectivity index (χ3v) is 2.96. The highest BCUT2D eigenvalue weighted by molar-refractivity contribution is 5.73. The van der Waals surface area contributed by atoms with E-state index >= 15 is 0 Å². The van der Waals surface area contributed by atoms with Crippen LogP contribution in [0.3, 0.4) is 0 Å². The number of carboxylic acids is 1. The van der Waals surface area contributed by atoms with Crippen LogP contribution >= 0.6 is 0 Å². The highest BCUT2D eigenvalue weighted by Gasteiger charge is 2.41. The van der Waals surface area contributed by atoms with Gasteiger partial charge in [0.2, 0.25) is 0 Å². The molecule has 0 radical (unpaired) electrons. The Labute approximate surface area is 112 Å². The average Bonchev–Trinajstić information content (AvgIpc) is 3.18. The average molecular weight is 285 g/mol. The topological polar surface area (TPSA) is 70.3 Å². The number of halogens is 3. The van der Waals surface area contributed by atoms with Crippen molar-refractivity contribution in [3.63, 3.8) is 0 Å². The van der Waals surface area contributed by atoms with Crippen LogP contribution in [-0.4, -0.2) is 17.2 Å². The highest BCUT2D eigenvalue weighted by atomic mass is 19.4. The molecule has 0 aliphatic heterocycles. The number of nitrogens with zero attached hydrogens (tertiary/aromatic N) is 1. The number of hydrogen-bond donors (Lipinski definition) is 1. The van der Waals surface area contributed by atoms with E-state index in [0.717, 1.165) is 12.1 Å². The maximum Gasteiger partial charge on any atom is 0.420 e. The lowest BCUT2D eigenvalue weighted by atomic mass is 10.1. The van der Waals surface area contributed by atoms with Gasteiger partial charge in [0.05, 0.1) is 17.2 Å². The highest BCUT2D eigenvalue weighted by Crippen LogP contribution is 2.40. The Balaban J connectivity index is 2.35. The maximum atomic E-state index is 12.9. The van der Waals surface area contributed by atoms with E-state index in [1.165, 1.54) is 0 Å². The lowest BCUT2D eigenvalue weighted by molar-refractivity contribution is -0.149. The molecule has 1 aromatic rings. The molecule has 0 spiro atoms. The second kappa shape index (κ2) is 5.04. The molecule has 7 heteroatoms. The molecule has 1 atom stereocenters. The predicted molar refractivity (Wildman–Crippen MR) is 60.9 cm³/mol. The van der Waals surface area contributed by atoms with Gasteiger partial charge in [0.1, 0.15) is 5.75 Å². The molecule has 1 aliphatic rings. The van der Waals surface area contributed by atoms with E-state index in [-0.39, 0.29) is 11.5 Å². The molecule has 0 bridgehead atoms. The van der Waals surface area contributed by atoms with Crippen LogP contribution in [0.25, 0.3) is 0 Å². The fourth-order valence-electron chi connectivity index (χ4n) is 1.81. The normalized spacial score (nSPS) is 16.3. The summed E-state index contributed by atoms with van der Waals surface area (Å²) < 4.78 is 43.7. The second-order valence-corrected chi connectivity index (χ2v) is 4.53. The minimum atomic E-state index is -4.71. The summed E-state index contributed by atoms with van der Waals surface area (Å²) in [7, 11) is 0. The summed E-state index contributed by atoms with van der Waals surface area (Å²) in [6.45, 7) is 0. The molecule has 0 amide bonds. The van der Waals surface area contributed by atoms with E-state index in [1.54, 1.807) is 6.07 Å². The summed E-state index contributed by atoms with van der Waals surface area (Å²) in [5.41, 5.74) is -1.30. The first-order chi connectivity index (χ1) is 9.32. The van der Waals surface area contributed by atoms with Crippen LogP contribution in [0.15, 0.2) is 18.2 Å². The SMILES string of the molecule is N#Cc1ccc(OC(C(=O)O)C2CC2)c(C(F)(F)F)c1. The van der Waals surface area contributed by atoms with Crippen molar-refractivity contribution in [2.45, 2.75) is 25.1 Å². The summed E-state index contributed by atoms with van der Waals surface area (Å²) in [6.07, 6.45) is -4.76. The second-order valence-electron chi connectivity index (χ2n) is 4.53. The largest absolute Gasteiger partial charge is 0.478 e. The van der Waals surface area contributed by atoms with E-state index in [1.807, 2.05) is 0 Å². The number of carboxylic acid groups (broad SMARTS) is 1. The smallest absolute Gasteiger partial charge is 0.420 e. The van der Waals surface area contributed by atoms with Crippen molar-refractivity contribution in [3.8, 4) is 11.8 Å². The molecule has 1 aromatic carbocycles. The van der Waals surface area contributed by atoms with Gasteiger partial charge >= 0.3 is 12.1 Å². The van der Waals surface area contributed by atoms with Gasteiger partial charge in [-0.2, -0.15) is 18.4 Å². The van der Waals surface area contributed by atoms with Crippen molar-refractivity contribution in [2.75, 3.05) is 0 Å². The summed E-state index contributed by atoms with van der Waals surface area (Å²) >= 11 is 0. The molecule has 1 aliphatic carbocycles. The maximum absolute atomic E-state index is 12.9. The molecule has 4 nitrogen and oxygen atoms in total. The minimum absolute atomic E-state index is 0.164. The molecule has 1 unspecified atom stereocenters. The number of nitriles is 1. The van der Waals surface area contributed by atoms with Crippen molar-refractivity contribution in [3.05, 3.63) is 29.3 Å². The third kappa shape index (κ3) is 3.02. The van der Waals surface area contributed by atoms with Crippen LogP contribution in [0.2, 0.25) is 0 Å². The van der Waals surface area contributed by atoms with Crippen molar-refractivity contribution < 1.29 is 27.8 Å². The van der Waals surface area contributed by atoms with Gasteiger partial charge in [-0.05, 0) is 31.0 Å². The Morgan fingerprint density at radius 3 is 2.55 bits per heavy atom. The number of carbonyl (C=O) groups is 1. The monoisotopic (exact) mass is 285 g/mol. The number of rotatable bonds is 4. The van der Waals surface area contributed by atoms with Crippen LogP contribution in [0.4, 0.5) is 13.2 Å². The van der Waals surface area contributed by atoms with Crippen LogP contribution in [-0.2, 0) is 11.0 Å². The first-order valence-corrected chi connectivity index (χ1v) is 5.83. The van der Waals surface area contributed by atoms with Gasteiger partial charge in [-0.1, -0.05) is 0 Å².